The number of ether oxygens (including phenoxy) is 1. The first-order valence-electron chi connectivity index (χ1n) is 9.07. The number of piperazine rings is 1. The molecule has 1 aromatic heterocycles. The van der Waals surface area contributed by atoms with Crippen LogP contribution in [0.5, 0.6) is 0 Å². The number of hydrogen-bond acceptors (Lipinski definition) is 4. The van der Waals surface area contributed by atoms with Gasteiger partial charge in [0.2, 0.25) is 0 Å². The van der Waals surface area contributed by atoms with E-state index in [9.17, 15) is 4.79 Å². The zero-order valence-corrected chi connectivity index (χ0v) is 14.5. The van der Waals surface area contributed by atoms with Gasteiger partial charge in [0.25, 0.3) is 0 Å². The summed E-state index contributed by atoms with van der Waals surface area (Å²) in [6, 6.07) is 11.7. The van der Waals surface area contributed by atoms with Gasteiger partial charge in [0.05, 0.1) is 0 Å². The van der Waals surface area contributed by atoms with Crippen molar-refractivity contribution in [1.82, 2.24) is 15.2 Å². The van der Waals surface area contributed by atoms with E-state index in [0.717, 1.165) is 62.5 Å². The van der Waals surface area contributed by atoms with Gasteiger partial charge in [-0.15, -0.1) is 0 Å². The van der Waals surface area contributed by atoms with Gasteiger partial charge < -0.3 is 15.0 Å². The Kier molecular flexibility index (Phi) is 4.70. The summed E-state index contributed by atoms with van der Waals surface area (Å²) in [6.07, 6.45) is 3.94. The average Bonchev–Trinajstić information content (AvgIpc) is 2.66. The third kappa shape index (κ3) is 3.40. The third-order valence-corrected chi connectivity index (χ3v) is 5.55. The highest BCUT2D eigenvalue weighted by Crippen LogP contribution is 2.30. The molecule has 2 fully saturated rings. The van der Waals surface area contributed by atoms with Gasteiger partial charge in [-0.25, -0.2) is 0 Å². The van der Waals surface area contributed by atoms with E-state index < -0.39 is 0 Å². The molecule has 1 spiro atoms. The van der Waals surface area contributed by atoms with E-state index in [1.54, 1.807) is 6.07 Å². The average molecular weight is 339 g/mol. The smallest absolute Gasteiger partial charge is 0.186 e. The minimum atomic E-state index is 0.110. The Labute approximate surface area is 148 Å². The van der Waals surface area contributed by atoms with E-state index in [1.807, 2.05) is 36.5 Å². The lowest BCUT2D eigenvalue weighted by Gasteiger charge is -2.49. The monoisotopic (exact) mass is 339 g/mol. The lowest BCUT2D eigenvalue weighted by atomic mass is 9.86. The van der Waals surface area contributed by atoms with Crippen LogP contribution in [-0.4, -0.2) is 48.3 Å². The van der Waals surface area contributed by atoms with Crippen LogP contribution < -0.4 is 10.7 Å². The highest BCUT2D eigenvalue weighted by molar-refractivity contribution is 5.58. The quantitative estimate of drug-likeness (QED) is 0.898. The number of rotatable bonds is 3. The van der Waals surface area contributed by atoms with Crippen LogP contribution in [0.2, 0.25) is 0 Å². The standard InChI is InChI=1S/C20H25N3O2/c24-19-12-18(16-4-2-1-3-5-16)22-13-17(19)14-23-9-8-21-15-20(23)6-10-25-11-7-20/h1-5,12-13,21H,6-11,14-15H2,(H,22,24). The number of aromatic nitrogens is 1. The maximum absolute atomic E-state index is 12.7. The zero-order chi connectivity index (χ0) is 17.1. The number of pyridine rings is 1. The van der Waals surface area contributed by atoms with Crippen LogP contribution in [0.25, 0.3) is 11.3 Å². The maximum Gasteiger partial charge on any atom is 0.186 e. The van der Waals surface area contributed by atoms with Gasteiger partial charge in [-0.1, -0.05) is 30.3 Å². The Morgan fingerprint density at radius 1 is 1.16 bits per heavy atom. The predicted molar refractivity (Wildman–Crippen MR) is 98.6 cm³/mol. The molecule has 0 aliphatic carbocycles. The Bertz CT molecular complexity index is 758. The molecular weight excluding hydrogens is 314 g/mol. The number of nitrogens with zero attached hydrogens (tertiary/aromatic N) is 1. The van der Waals surface area contributed by atoms with E-state index in [4.69, 9.17) is 4.74 Å². The van der Waals surface area contributed by atoms with Crippen molar-refractivity contribution in [1.29, 1.82) is 0 Å². The van der Waals surface area contributed by atoms with Crippen molar-refractivity contribution in [3.05, 3.63) is 58.4 Å². The van der Waals surface area contributed by atoms with Gasteiger partial charge in [-0.05, 0) is 18.4 Å². The summed E-state index contributed by atoms with van der Waals surface area (Å²) in [6.45, 7) is 5.24. The number of aromatic amines is 1. The molecule has 2 N–H and O–H groups in total. The summed E-state index contributed by atoms with van der Waals surface area (Å²) < 4.78 is 5.56. The second-order valence-corrected chi connectivity index (χ2v) is 7.04. The molecule has 5 nitrogen and oxygen atoms in total. The molecule has 0 unspecified atom stereocenters. The van der Waals surface area contributed by atoms with Gasteiger partial charge in [0, 0.05) is 68.5 Å². The Morgan fingerprint density at radius 3 is 2.72 bits per heavy atom. The summed E-state index contributed by atoms with van der Waals surface area (Å²) in [7, 11) is 0. The van der Waals surface area contributed by atoms with Gasteiger partial charge >= 0.3 is 0 Å². The van der Waals surface area contributed by atoms with Crippen molar-refractivity contribution in [3.8, 4) is 11.3 Å². The van der Waals surface area contributed by atoms with E-state index in [0.29, 0.717) is 6.54 Å². The minimum absolute atomic E-state index is 0.110. The molecule has 0 saturated carbocycles. The normalized spacial score (nSPS) is 20.6. The molecule has 4 rings (SSSR count). The van der Waals surface area contributed by atoms with Crippen molar-refractivity contribution < 1.29 is 4.74 Å². The van der Waals surface area contributed by atoms with Gasteiger partial charge in [0.15, 0.2) is 5.43 Å². The third-order valence-electron chi connectivity index (χ3n) is 5.55. The van der Waals surface area contributed by atoms with Crippen LogP contribution >= 0.6 is 0 Å². The molecule has 2 saturated heterocycles. The van der Waals surface area contributed by atoms with Crippen LogP contribution in [0.15, 0.2) is 47.4 Å². The predicted octanol–water partition coefficient (Wildman–Crippen LogP) is 2.00. The van der Waals surface area contributed by atoms with Crippen molar-refractivity contribution >= 4 is 0 Å². The summed E-state index contributed by atoms with van der Waals surface area (Å²) in [5.74, 6) is 0. The summed E-state index contributed by atoms with van der Waals surface area (Å²) in [4.78, 5) is 18.5. The molecule has 2 aliphatic rings. The van der Waals surface area contributed by atoms with Crippen LogP contribution in [-0.2, 0) is 11.3 Å². The molecule has 0 radical (unpaired) electrons. The second-order valence-electron chi connectivity index (χ2n) is 7.04. The van der Waals surface area contributed by atoms with Gasteiger partial charge in [-0.2, -0.15) is 0 Å². The minimum Gasteiger partial charge on any atom is -0.381 e. The molecule has 5 heteroatoms. The second kappa shape index (κ2) is 7.12. The first-order valence-corrected chi connectivity index (χ1v) is 9.07. The van der Waals surface area contributed by atoms with Crippen molar-refractivity contribution in [2.45, 2.75) is 24.9 Å². The van der Waals surface area contributed by atoms with E-state index in [1.165, 1.54) is 0 Å². The van der Waals surface area contributed by atoms with Gasteiger partial charge in [-0.3, -0.25) is 9.69 Å². The molecule has 2 aromatic rings. The topological polar surface area (TPSA) is 57.4 Å². The summed E-state index contributed by atoms with van der Waals surface area (Å²) in [5, 5.41) is 3.52. The van der Waals surface area contributed by atoms with E-state index >= 15 is 0 Å². The molecular formula is C20H25N3O2. The first kappa shape index (κ1) is 16.5. The number of hydrogen-bond donors (Lipinski definition) is 2. The van der Waals surface area contributed by atoms with E-state index in [2.05, 4.69) is 15.2 Å². The van der Waals surface area contributed by atoms with Crippen LogP contribution in [0.3, 0.4) is 0 Å². The molecule has 132 valence electrons. The fourth-order valence-electron chi connectivity index (χ4n) is 3.99. The van der Waals surface area contributed by atoms with Crippen LogP contribution in [0, 0.1) is 0 Å². The van der Waals surface area contributed by atoms with Gasteiger partial charge in [0.1, 0.15) is 0 Å². The largest absolute Gasteiger partial charge is 0.381 e. The Morgan fingerprint density at radius 2 is 1.96 bits per heavy atom. The lowest BCUT2D eigenvalue weighted by molar-refractivity contribution is -0.0445. The Balaban J connectivity index is 1.56. The van der Waals surface area contributed by atoms with Crippen LogP contribution in [0.1, 0.15) is 18.4 Å². The van der Waals surface area contributed by atoms with Crippen molar-refractivity contribution in [2.24, 2.45) is 0 Å². The fourth-order valence-corrected chi connectivity index (χ4v) is 3.99. The fraction of sp³-hybridized carbons (Fsp3) is 0.450. The number of nitrogens with one attached hydrogen (secondary N) is 2. The molecule has 25 heavy (non-hydrogen) atoms. The van der Waals surface area contributed by atoms with Crippen molar-refractivity contribution in [2.75, 3.05) is 32.8 Å². The lowest BCUT2D eigenvalue weighted by Crippen LogP contribution is -2.63. The highest BCUT2D eigenvalue weighted by Gasteiger charge is 2.40. The first-order chi connectivity index (χ1) is 12.3. The molecule has 0 atom stereocenters. The van der Waals surface area contributed by atoms with Crippen molar-refractivity contribution in [3.63, 3.8) is 0 Å². The van der Waals surface area contributed by atoms with Crippen LogP contribution in [0.4, 0.5) is 0 Å². The maximum atomic E-state index is 12.7. The molecule has 3 heterocycles. The number of H-pyrrole nitrogens is 1. The SMILES string of the molecule is O=c1cc(-c2ccccc2)[nH]cc1CN1CCNCC12CCOCC2. The van der Waals surface area contributed by atoms with E-state index in [-0.39, 0.29) is 11.0 Å². The molecule has 0 bridgehead atoms. The number of benzene rings is 1. The zero-order valence-electron chi connectivity index (χ0n) is 14.5. The molecule has 1 aromatic carbocycles. The highest BCUT2D eigenvalue weighted by atomic mass is 16.5. The Hall–Kier alpha value is -1.95. The summed E-state index contributed by atoms with van der Waals surface area (Å²) in [5.41, 5.74) is 2.98. The molecule has 2 aliphatic heterocycles. The summed E-state index contributed by atoms with van der Waals surface area (Å²) >= 11 is 0. The molecule has 0 amide bonds.